The maximum Gasteiger partial charge on any atom is 0.271 e. The molecule has 1 heterocycles. The number of carbonyl (C=O) groups is 1. The van der Waals surface area contributed by atoms with Gasteiger partial charge in [0, 0.05) is 25.2 Å². The number of hydrogen-bond acceptors (Lipinski definition) is 5. The first-order valence-electron chi connectivity index (χ1n) is 11.4. The molecule has 6 nitrogen and oxygen atoms in total. The Bertz CT molecular complexity index is 1220. The second-order valence-corrected chi connectivity index (χ2v) is 9.11. The Hall–Kier alpha value is -3.42. The fraction of sp³-hybridized carbons (Fsp3) is 0.214. The van der Waals surface area contributed by atoms with Gasteiger partial charge in [-0.3, -0.25) is 9.69 Å². The molecule has 0 saturated carbocycles. The second kappa shape index (κ2) is 11.8. The molecule has 0 fully saturated rings. The summed E-state index contributed by atoms with van der Waals surface area (Å²) < 4.78 is 11.8. The Balaban J connectivity index is 1.33. The minimum absolute atomic E-state index is 0.267. The van der Waals surface area contributed by atoms with Gasteiger partial charge in [0.15, 0.2) is 11.5 Å². The third-order valence-electron chi connectivity index (χ3n) is 5.81. The number of nitrogens with one attached hydrogen (secondary N) is 1. The van der Waals surface area contributed by atoms with Gasteiger partial charge in [0.25, 0.3) is 5.91 Å². The van der Waals surface area contributed by atoms with Crippen molar-refractivity contribution in [2.45, 2.75) is 19.5 Å². The lowest BCUT2D eigenvalue weighted by molar-refractivity contribution is 0.0955. The molecule has 3 aromatic carbocycles. The monoisotopic (exact) mass is 533 g/mol. The average Bonchev–Trinajstić information content (AvgIpc) is 2.88. The molecule has 180 valence electrons. The number of rotatable bonds is 9. The largest absolute Gasteiger partial charge is 0.493 e. The van der Waals surface area contributed by atoms with Gasteiger partial charge in [0.05, 0.1) is 17.8 Å². The van der Waals surface area contributed by atoms with E-state index in [9.17, 15) is 4.79 Å². The van der Waals surface area contributed by atoms with Crippen molar-refractivity contribution in [3.05, 3.63) is 106 Å². The van der Waals surface area contributed by atoms with E-state index in [1.165, 1.54) is 16.7 Å². The van der Waals surface area contributed by atoms with E-state index in [1.807, 2.05) is 30.3 Å². The zero-order valence-corrected chi connectivity index (χ0v) is 21.3. The first-order valence-corrected chi connectivity index (χ1v) is 12.2. The van der Waals surface area contributed by atoms with Crippen LogP contribution in [0.15, 0.2) is 82.9 Å². The van der Waals surface area contributed by atoms with E-state index in [4.69, 9.17) is 9.47 Å². The van der Waals surface area contributed by atoms with Crippen LogP contribution in [-0.2, 0) is 19.5 Å². The standard InChI is InChI=1S/C28H28BrN3O3/c1-3-14-35-27-25(29)15-21(16-26(27)34-2)17-30-31-28(33)23-10-8-20(9-11-23)18-32-13-12-22-6-4-5-7-24(22)19-32/h3-11,15-17H,1,12-14,18-19H2,2H3,(H,31,33)/b30-17-. The van der Waals surface area contributed by atoms with E-state index in [0.717, 1.165) is 36.1 Å². The van der Waals surface area contributed by atoms with E-state index in [2.05, 4.69) is 62.2 Å². The van der Waals surface area contributed by atoms with E-state index < -0.39 is 0 Å². The van der Waals surface area contributed by atoms with Crippen molar-refractivity contribution in [1.82, 2.24) is 10.3 Å². The van der Waals surface area contributed by atoms with Gasteiger partial charge in [-0.25, -0.2) is 5.43 Å². The Morgan fingerprint density at radius 1 is 1.17 bits per heavy atom. The number of ether oxygens (including phenoxy) is 2. The molecule has 35 heavy (non-hydrogen) atoms. The molecule has 0 aromatic heterocycles. The van der Waals surface area contributed by atoms with Gasteiger partial charge in [-0.1, -0.05) is 49.1 Å². The molecule has 0 saturated heterocycles. The van der Waals surface area contributed by atoms with Crippen LogP contribution in [0.3, 0.4) is 0 Å². The molecule has 3 aromatic rings. The summed E-state index contributed by atoms with van der Waals surface area (Å²) in [6.07, 6.45) is 4.29. The minimum atomic E-state index is -0.267. The van der Waals surface area contributed by atoms with E-state index in [0.29, 0.717) is 23.7 Å². The highest BCUT2D eigenvalue weighted by atomic mass is 79.9. The first kappa shape index (κ1) is 24.7. The fourth-order valence-electron chi connectivity index (χ4n) is 4.04. The van der Waals surface area contributed by atoms with Crippen molar-refractivity contribution in [3.63, 3.8) is 0 Å². The Morgan fingerprint density at radius 2 is 1.94 bits per heavy atom. The second-order valence-electron chi connectivity index (χ2n) is 8.26. The highest BCUT2D eigenvalue weighted by molar-refractivity contribution is 9.10. The lowest BCUT2D eigenvalue weighted by Crippen LogP contribution is -2.30. The van der Waals surface area contributed by atoms with Crippen molar-refractivity contribution in [2.24, 2.45) is 5.10 Å². The number of methoxy groups -OCH3 is 1. The zero-order valence-electron chi connectivity index (χ0n) is 19.7. The molecule has 0 radical (unpaired) electrons. The molecule has 1 aliphatic heterocycles. The normalized spacial score (nSPS) is 13.3. The van der Waals surface area contributed by atoms with Gasteiger partial charge in [0.2, 0.25) is 0 Å². The number of carbonyl (C=O) groups excluding carboxylic acids is 1. The number of halogens is 1. The topological polar surface area (TPSA) is 63.2 Å². The molecule has 0 spiro atoms. The number of amides is 1. The van der Waals surface area contributed by atoms with Gasteiger partial charge in [-0.15, -0.1) is 0 Å². The number of hydrazone groups is 1. The molecular weight excluding hydrogens is 506 g/mol. The number of nitrogens with zero attached hydrogens (tertiary/aromatic N) is 2. The predicted octanol–water partition coefficient (Wildman–Crippen LogP) is 5.34. The molecular formula is C28H28BrN3O3. The molecule has 7 heteroatoms. The zero-order chi connectivity index (χ0) is 24.6. The predicted molar refractivity (Wildman–Crippen MR) is 142 cm³/mol. The van der Waals surface area contributed by atoms with Crippen molar-refractivity contribution in [2.75, 3.05) is 20.3 Å². The van der Waals surface area contributed by atoms with Crippen molar-refractivity contribution < 1.29 is 14.3 Å². The third-order valence-corrected chi connectivity index (χ3v) is 6.40. The number of benzene rings is 3. The summed E-state index contributed by atoms with van der Waals surface area (Å²) in [6, 6.07) is 19.9. The molecule has 0 bridgehead atoms. The van der Waals surface area contributed by atoms with Crippen molar-refractivity contribution in [1.29, 1.82) is 0 Å². The highest BCUT2D eigenvalue weighted by Gasteiger charge is 2.16. The summed E-state index contributed by atoms with van der Waals surface area (Å²) in [7, 11) is 1.57. The molecule has 0 atom stereocenters. The van der Waals surface area contributed by atoms with Crippen LogP contribution in [0.5, 0.6) is 11.5 Å². The molecule has 1 N–H and O–H groups in total. The molecule has 1 aliphatic rings. The fourth-order valence-corrected chi connectivity index (χ4v) is 4.61. The van der Waals surface area contributed by atoms with Crippen LogP contribution in [0.2, 0.25) is 0 Å². The molecule has 0 unspecified atom stereocenters. The van der Waals surface area contributed by atoms with Gasteiger partial charge < -0.3 is 9.47 Å². The maximum atomic E-state index is 12.5. The lowest BCUT2D eigenvalue weighted by atomic mass is 9.99. The Labute approximate surface area is 214 Å². The van der Waals surface area contributed by atoms with Crippen molar-refractivity contribution in [3.8, 4) is 11.5 Å². The summed E-state index contributed by atoms with van der Waals surface area (Å²) in [6.45, 7) is 6.87. The number of fused-ring (bicyclic) bond motifs is 1. The van der Waals surface area contributed by atoms with Crippen LogP contribution >= 0.6 is 15.9 Å². The summed E-state index contributed by atoms with van der Waals surface area (Å²) in [5.74, 6) is 0.876. The van der Waals surface area contributed by atoms with E-state index >= 15 is 0 Å². The van der Waals surface area contributed by atoms with Crippen LogP contribution in [0.25, 0.3) is 0 Å². The van der Waals surface area contributed by atoms with Crippen LogP contribution in [0, 0.1) is 0 Å². The Kier molecular flexibility index (Phi) is 8.34. The summed E-state index contributed by atoms with van der Waals surface area (Å²) in [5, 5.41) is 4.10. The first-order chi connectivity index (χ1) is 17.1. The average molecular weight is 534 g/mol. The summed E-state index contributed by atoms with van der Waals surface area (Å²) in [4.78, 5) is 15.0. The van der Waals surface area contributed by atoms with Gasteiger partial charge >= 0.3 is 0 Å². The highest BCUT2D eigenvalue weighted by Crippen LogP contribution is 2.36. The quantitative estimate of drug-likeness (QED) is 0.229. The maximum absolute atomic E-state index is 12.5. The van der Waals surface area contributed by atoms with Crippen LogP contribution < -0.4 is 14.9 Å². The van der Waals surface area contributed by atoms with Crippen molar-refractivity contribution >= 4 is 28.1 Å². The van der Waals surface area contributed by atoms with Crippen LogP contribution in [0.4, 0.5) is 0 Å². The van der Waals surface area contributed by atoms with Gasteiger partial charge in [-0.05, 0) is 68.9 Å². The molecule has 1 amide bonds. The molecule has 4 rings (SSSR count). The summed E-state index contributed by atoms with van der Waals surface area (Å²) in [5.41, 5.74) is 7.91. The smallest absolute Gasteiger partial charge is 0.271 e. The van der Waals surface area contributed by atoms with E-state index in [1.54, 1.807) is 25.5 Å². The minimum Gasteiger partial charge on any atom is -0.493 e. The summed E-state index contributed by atoms with van der Waals surface area (Å²) >= 11 is 3.49. The van der Waals surface area contributed by atoms with Gasteiger partial charge in [0.1, 0.15) is 6.61 Å². The number of hydrogen-bond donors (Lipinski definition) is 1. The van der Waals surface area contributed by atoms with E-state index in [-0.39, 0.29) is 5.91 Å². The SMILES string of the molecule is C=CCOc1c(Br)cc(/C=N\NC(=O)c2ccc(CN3CCc4ccccc4C3)cc2)cc1OC. The van der Waals surface area contributed by atoms with Crippen LogP contribution in [0.1, 0.15) is 32.6 Å². The molecule has 0 aliphatic carbocycles. The van der Waals surface area contributed by atoms with Gasteiger partial charge in [-0.2, -0.15) is 5.10 Å². The third kappa shape index (κ3) is 6.38. The Morgan fingerprint density at radius 3 is 2.69 bits per heavy atom. The van der Waals surface area contributed by atoms with Crippen LogP contribution in [-0.4, -0.2) is 37.3 Å². The lowest BCUT2D eigenvalue weighted by Gasteiger charge is -2.28.